The van der Waals surface area contributed by atoms with Crippen molar-refractivity contribution in [1.29, 1.82) is 0 Å². The van der Waals surface area contributed by atoms with Gasteiger partial charge in [0.1, 0.15) is 5.25 Å². The Balaban J connectivity index is 1.84. The van der Waals surface area contributed by atoms with E-state index in [1.54, 1.807) is 11.3 Å². The van der Waals surface area contributed by atoms with Crippen LogP contribution in [0.2, 0.25) is 0 Å². The summed E-state index contributed by atoms with van der Waals surface area (Å²) in [7, 11) is 0. The van der Waals surface area contributed by atoms with Crippen molar-refractivity contribution in [1.82, 2.24) is 14.9 Å². The number of esters is 1. The summed E-state index contributed by atoms with van der Waals surface area (Å²) in [5.41, 5.74) is 0. The third-order valence-electron chi connectivity index (χ3n) is 2.54. The van der Waals surface area contributed by atoms with Crippen LogP contribution < -0.4 is 5.84 Å². The van der Waals surface area contributed by atoms with Gasteiger partial charge in [0, 0.05) is 6.42 Å². The van der Waals surface area contributed by atoms with Gasteiger partial charge in [0.05, 0.1) is 11.5 Å². The van der Waals surface area contributed by atoms with Gasteiger partial charge in [-0.05, 0) is 11.4 Å². The van der Waals surface area contributed by atoms with Crippen LogP contribution in [0.3, 0.4) is 0 Å². The molecule has 1 aliphatic rings. The molecule has 0 amide bonds. The van der Waals surface area contributed by atoms with Gasteiger partial charge in [-0.15, -0.1) is 21.5 Å². The molecule has 94 valence electrons. The van der Waals surface area contributed by atoms with Crippen molar-refractivity contribution in [3.8, 4) is 10.7 Å². The molecule has 8 heteroatoms. The maximum Gasteiger partial charge on any atom is 0.319 e. The number of cyclic esters (lactones) is 1. The van der Waals surface area contributed by atoms with Crippen LogP contribution in [0.25, 0.3) is 10.7 Å². The molecule has 18 heavy (non-hydrogen) atoms. The van der Waals surface area contributed by atoms with E-state index in [1.807, 2.05) is 17.5 Å². The van der Waals surface area contributed by atoms with Crippen LogP contribution in [0.5, 0.6) is 0 Å². The number of hydrogen-bond donors (Lipinski definition) is 1. The molecule has 1 saturated heterocycles. The Morgan fingerprint density at radius 2 is 2.44 bits per heavy atom. The first-order chi connectivity index (χ1) is 8.75. The number of aromatic nitrogens is 3. The molecule has 0 aromatic carbocycles. The van der Waals surface area contributed by atoms with E-state index in [9.17, 15) is 4.79 Å². The number of nitrogens with zero attached hydrogens (tertiary/aromatic N) is 3. The Morgan fingerprint density at radius 3 is 3.11 bits per heavy atom. The van der Waals surface area contributed by atoms with Crippen LogP contribution in [0.15, 0.2) is 22.7 Å². The molecule has 0 spiro atoms. The minimum absolute atomic E-state index is 0.208. The molecule has 1 atom stereocenters. The number of nitrogens with two attached hydrogens (primary N) is 1. The molecular formula is C10H10N4O2S2. The monoisotopic (exact) mass is 282 g/mol. The molecule has 0 bridgehead atoms. The van der Waals surface area contributed by atoms with E-state index >= 15 is 0 Å². The summed E-state index contributed by atoms with van der Waals surface area (Å²) in [5.74, 6) is 6.35. The Morgan fingerprint density at radius 1 is 1.56 bits per heavy atom. The first-order valence-corrected chi connectivity index (χ1v) is 7.09. The summed E-state index contributed by atoms with van der Waals surface area (Å²) in [5, 5.41) is 10.3. The minimum atomic E-state index is -0.229. The van der Waals surface area contributed by atoms with Crippen LogP contribution in [0, 0.1) is 0 Å². The van der Waals surface area contributed by atoms with Crippen molar-refractivity contribution in [2.45, 2.75) is 16.8 Å². The standard InChI is InChI=1S/C10H10N4O2S2/c11-14-8(6-2-1-5-17-6)12-13-10(14)18-7-3-4-16-9(7)15/h1-2,5,7H,3-4,11H2/t7-/m0/s1. The summed E-state index contributed by atoms with van der Waals surface area (Å²) in [6.45, 7) is 0.465. The minimum Gasteiger partial charge on any atom is -0.465 e. The van der Waals surface area contributed by atoms with Crippen LogP contribution >= 0.6 is 23.1 Å². The molecule has 0 unspecified atom stereocenters. The molecule has 0 radical (unpaired) electrons. The molecule has 3 rings (SSSR count). The summed E-state index contributed by atoms with van der Waals surface area (Å²) >= 11 is 2.84. The molecule has 0 aliphatic carbocycles. The predicted molar refractivity (Wildman–Crippen MR) is 68.7 cm³/mol. The third kappa shape index (κ3) is 1.97. The fourth-order valence-corrected chi connectivity index (χ4v) is 3.27. The van der Waals surface area contributed by atoms with Crippen molar-refractivity contribution in [3.63, 3.8) is 0 Å². The van der Waals surface area contributed by atoms with Crippen molar-refractivity contribution in [3.05, 3.63) is 17.5 Å². The number of thioether (sulfide) groups is 1. The molecule has 1 aliphatic heterocycles. The Hall–Kier alpha value is -1.54. The second-order valence-electron chi connectivity index (χ2n) is 3.72. The van der Waals surface area contributed by atoms with Gasteiger partial charge in [-0.1, -0.05) is 17.8 Å². The summed E-state index contributed by atoms with van der Waals surface area (Å²) in [6, 6.07) is 3.85. The Kier molecular flexibility index (Phi) is 2.96. The zero-order valence-corrected chi connectivity index (χ0v) is 10.9. The molecule has 2 aromatic rings. The van der Waals surface area contributed by atoms with E-state index in [4.69, 9.17) is 10.6 Å². The number of carbonyl (C=O) groups is 1. The van der Waals surface area contributed by atoms with Gasteiger partial charge in [-0.25, -0.2) is 4.68 Å². The molecule has 2 aromatic heterocycles. The van der Waals surface area contributed by atoms with Gasteiger partial charge in [-0.3, -0.25) is 4.79 Å². The normalized spacial score (nSPS) is 19.1. The fraction of sp³-hybridized carbons (Fsp3) is 0.300. The first kappa shape index (κ1) is 11.5. The van der Waals surface area contributed by atoms with E-state index in [0.29, 0.717) is 24.0 Å². The van der Waals surface area contributed by atoms with Crippen LogP contribution in [-0.2, 0) is 9.53 Å². The van der Waals surface area contributed by atoms with Crippen molar-refractivity contribution < 1.29 is 9.53 Å². The highest BCUT2D eigenvalue weighted by Crippen LogP contribution is 2.30. The molecule has 6 nitrogen and oxygen atoms in total. The van der Waals surface area contributed by atoms with Crippen LogP contribution in [0.1, 0.15) is 6.42 Å². The number of thiophene rings is 1. The second kappa shape index (κ2) is 4.62. The topological polar surface area (TPSA) is 83.0 Å². The lowest BCUT2D eigenvalue weighted by atomic mass is 10.4. The van der Waals surface area contributed by atoms with E-state index in [-0.39, 0.29) is 11.2 Å². The number of rotatable bonds is 3. The second-order valence-corrected chi connectivity index (χ2v) is 5.83. The zero-order valence-electron chi connectivity index (χ0n) is 9.28. The highest BCUT2D eigenvalue weighted by molar-refractivity contribution is 8.00. The van der Waals surface area contributed by atoms with Gasteiger partial charge in [0.2, 0.25) is 5.16 Å². The number of nitrogen functional groups attached to an aromatic ring is 1. The van der Waals surface area contributed by atoms with Crippen LogP contribution in [0.4, 0.5) is 0 Å². The lowest BCUT2D eigenvalue weighted by Crippen LogP contribution is -2.15. The summed E-state index contributed by atoms with van der Waals surface area (Å²) < 4.78 is 6.32. The lowest BCUT2D eigenvalue weighted by Gasteiger charge is -2.04. The molecule has 1 fully saturated rings. The van der Waals surface area contributed by atoms with Gasteiger partial charge < -0.3 is 10.6 Å². The average Bonchev–Trinajstić information content (AvgIpc) is 3.05. The fourth-order valence-electron chi connectivity index (χ4n) is 1.64. The van der Waals surface area contributed by atoms with Gasteiger partial charge in [-0.2, -0.15) is 0 Å². The number of hydrogen-bond acceptors (Lipinski definition) is 7. The van der Waals surface area contributed by atoms with E-state index < -0.39 is 0 Å². The van der Waals surface area contributed by atoms with Crippen LogP contribution in [-0.4, -0.2) is 32.7 Å². The third-order valence-corrected chi connectivity index (χ3v) is 4.61. The summed E-state index contributed by atoms with van der Waals surface area (Å²) in [6.07, 6.45) is 0.685. The maximum atomic E-state index is 11.4. The highest BCUT2D eigenvalue weighted by atomic mass is 32.2. The maximum absolute atomic E-state index is 11.4. The predicted octanol–water partition coefficient (Wildman–Crippen LogP) is 1.13. The average molecular weight is 282 g/mol. The first-order valence-electron chi connectivity index (χ1n) is 5.33. The smallest absolute Gasteiger partial charge is 0.319 e. The largest absolute Gasteiger partial charge is 0.465 e. The van der Waals surface area contributed by atoms with E-state index in [0.717, 1.165) is 4.88 Å². The number of carbonyl (C=O) groups excluding carboxylic acids is 1. The van der Waals surface area contributed by atoms with Gasteiger partial charge in [0.15, 0.2) is 5.82 Å². The molecule has 3 heterocycles. The van der Waals surface area contributed by atoms with E-state index in [2.05, 4.69) is 10.2 Å². The van der Waals surface area contributed by atoms with Crippen molar-refractivity contribution in [2.75, 3.05) is 12.4 Å². The Bertz CT molecular complexity index is 566. The highest BCUT2D eigenvalue weighted by Gasteiger charge is 2.29. The Labute approximate surface area is 111 Å². The molecular weight excluding hydrogens is 272 g/mol. The van der Waals surface area contributed by atoms with Crippen molar-refractivity contribution >= 4 is 29.1 Å². The SMILES string of the molecule is Nn1c(S[C@H]2CCOC2=O)nnc1-c1cccs1. The molecule has 2 N–H and O–H groups in total. The van der Waals surface area contributed by atoms with Gasteiger partial charge >= 0.3 is 5.97 Å². The van der Waals surface area contributed by atoms with Crippen molar-refractivity contribution in [2.24, 2.45) is 0 Å². The lowest BCUT2D eigenvalue weighted by molar-refractivity contribution is -0.137. The number of ether oxygens (including phenoxy) is 1. The molecule has 0 saturated carbocycles. The quantitative estimate of drug-likeness (QED) is 0.671. The van der Waals surface area contributed by atoms with Gasteiger partial charge in [0.25, 0.3) is 0 Å². The van der Waals surface area contributed by atoms with E-state index in [1.165, 1.54) is 16.4 Å². The zero-order chi connectivity index (χ0) is 12.5. The summed E-state index contributed by atoms with van der Waals surface area (Å²) in [4.78, 5) is 12.3.